The van der Waals surface area contributed by atoms with Crippen LogP contribution in [0.1, 0.15) is 1.43 Å². The van der Waals surface area contributed by atoms with E-state index in [1.54, 1.807) is 0 Å². The van der Waals surface area contributed by atoms with Gasteiger partial charge in [-0.25, -0.2) is 9.59 Å². The number of aliphatic carboxylic acids is 2. The monoisotopic (exact) mass is 207 g/mol. The van der Waals surface area contributed by atoms with E-state index in [2.05, 4.69) is 0 Å². The quantitative estimate of drug-likeness (QED) is 0.291. The summed E-state index contributed by atoms with van der Waals surface area (Å²) in [5, 5.41) is 32.5. The van der Waals surface area contributed by atoms with Crippen LogP contribution in [-0.4, -0.2) is 44.6 Å². The average Bonchev–Trinajstić information content (AvgIpc) is 1.84. The SMILES string of the molecule is N.O=C(O)C(O)C(O)C(=O)O.[H-].[K+]. The summed E-state index contributed by atoms with van der Waals surface area (Å²) in [4.78, 5) is 19.5. The number of carbonyl (C=O) groups is 2. The van der Waals surface area contributed by atoms with E-state index in [9.17, 15) is 9.59 Å². The number of carboxylic acid groups (broad SMARTS) is 2. The minimum absolute atomic E-state index is 0. The number of hydrogen-bond donors (Lipinski definition) is 5. The third-order valence-corrected chi connectivity index (χ3v) is 0.805. The van der Waals surface area contributed by atoms with Gasteiger partial charge in [-0.3, -0.25) is 0 Å². The van der Waals surface area contributed by atoms with Gasteiger partial charge in [0.05, 0.1) is 0 Å². The Morgan fingerprint density at radius 3 is 1.25 bits per heavy atom. The molecule has 0 amide bonds. The fourth-order valence-electron chi connectivity index (χ4n) is 0.270. The van der Waals surface area contributed by atoms with Gasteiger partial charge in [-0.2, -0.15) is 0 Å². The standard InChI is InChI=1S/C4H6O6.K.H3N.H/c5-1(3(7)8)2(6)4(9)10;;;/h1-2,5-6H,(H,7,8)(H,9,10);;1H3;/q;+1;;-1. The van der Waals surface area contributed by atoms with E-state index in [1.807, 2.05) is 0 Å². The summed E-state index contributed by atoms with van der Waals surface area (Å²) in [5.41, 5.74) is 0. The largest absolute Gasteiger partial charge is 1.00 e. The van der Waals surface area contributed by atoms with Crippen LogP contribution in [0.4, 0.5) is 0 Å². The first-order chi connectivity index (χ1) is 4.46. The van der Waals surface area contributed by atoms with Gasteiger partial charge in [0.25, 0.3) is 0 Å². The zero-order chi connectivity index (χ0) is 8.31. The molecule has 0 aromatic carbocycles. The molecule has 68 valence electrons. The van der Waals surface area contributed by atoms with Crippen LogP contribution in [0.25, 0.3) is 0 Å². The molecule has 0 heterocycles. The van der Waals surface area contributed by atoms with Crippen molar-refractivity contribution in [3.8, 4) is 0 Å². The summed E-state index contributed by atoms with van der Waals surface area (Å²) in [7, 11) is 0. The Morgan fingerprint density at radius 2 is 1.17 bits per heavy atom. The molecule has 0 bridgehead atoms. The first kappa shape index (κ1) is 18.3. The van der Waals surface area contributed by atoms with E-state index >= 15 is 0 Å². The summed E-state index contributed by atoms with van der Waals surface area (Å²) in [6.07, 6.45) is -4.53. The first-order valence-corrected chi connectivity index (χ1v) is 2.28. The van der Waals surface area contributed by atoms with Crippen LogP contribution >= 0.6 is 0 Å². The Kier molecular flexibility index (Phi) is 12.3. The molecular formula is C4H10KNO6. The van der Waals surface area contributed by atoms with Crippen LogP contribution in [0.15, 0.2) is 0 Å². The van der Waals surface area contributed by atoms with Gasteiger partial charge in [0.15, 0.2) is 12.2 Å². The molecule has 2 atom stereocenters. The normalized spacial score (nSPS) is 13.2. The maximum absolute atomic E-state index is 9.77. The van der Waals surface area contributed by atoms with E-state index in [1.165, 1.54) is 0 Å². The van der Waals surface area contributed by atoms with Gasteiger partial charge < -0.3 is 28.0 Å². The number of aliphatic hydroxyl groups excluding tert-OH is 2. The maximum Gasteiger partial charge on any atom is 1.00 e. The minimum Gasteiger partial charge on any atom is -1.00 e. The summed E-state index contributed by atoms with van der Waals surface area (Å²) >= 11 is 0. The van der Waals surface area contributed by atoms with E-state index in [-0.39, 0.29) is 59.0 Å². The summed E-state index contributed by atoms with van der Waals surface area (Å²) in [5.74, 6) is -3.54. The Bertz CT molecular complexity index is 149. The van der Waals surface area contributed by atoms with E-state index in [4.69, 9.17) is 20.4 Å². The number of rotatable bonds is 3. The molecule has 7 nitrogen and oxygen atoms in total. The van der Waals surface area contributed by atoms with Crippen LogP contribution in [-0.2, 0) is 9.59 Å². The van der Waals surface area contributed by atoms with Gasteiger partial charge in [-0.15, -0.1) is 0 Å². The molecular weight excluding hydrogens is 197 g/mol. The van der Waals surface area contributed by atoms with Crippen LogP contribution in [0.5, 0.6) is 0 Å². The van der Waals surface area contributed by atoms with Gasteiger partial charge in [-0.05, 0) is 0 Å². The predicted molar refractivity (Wildman–Crippen MR) is 33.4 cm³/mol. The smallest absolute Gasteiger partial charge is 1.00 e. The molecule has 0 aliphatic rings. The topological polar surface area (TPSA) is 150 Å². The number of hydrogen-bond acceptors (Lipinski definition) is 5. The summed E-state index contributed by atoms with van der Waals surface area (Å²) in [6.45, 7) is 0. The van der Waals surface area contributed by atoms with E-state index in [0.717, 1.165) is 0 Å². The molecule has 0 rings (SSSR count). The van der Waals surface area contributed by atoms with Gasteiger partial charge in [-0.1, -0.05) is 0 Å². The van der Waals surface area contributed by atoms with E-state index < -0.39 is 24.1 Å². The zero-order valence-corrected chi connectivity index (χ0v) is 9.59. The van der Waals surface area contributed by atoms with Crippen molar-refractivity contribution in [1.29, 1.82) is 0 Å². The van der Waals surface area contributed by atoms with Crippen molar-refractivity contribution in [2.75, 3.05) is 0 Å². The Labute approximate surface area is 112 Å². The van der Waals surface area contributed by atoms with Crippen molar-refractivity contribution in [1.82, 2.24) is 6.15 Å². The van der Waals surface area contributed by atoms with Crippen LogP contribution in [0, 0.1) is 0 Å². The molecule has 0 aromatic heterocycles. The number of aliphatic hydroxyl groups is 2. The third-order valence-electron chi connectivity index (χ3n) is 0.805. The number of carboxylic acids is 2. The first-order valence-electron chi connectivity index (χ1n) is 2.28. The summed E-state index contributed by atoms with van der Waals surface area (Å²) in [6, 6.07) is 0. The fraction of sp³-hybridized carbons (Fsp3) is 0.500. The molecule has 7 N–H and O–H groups in total. The van der Waals surface area contributed by atoms with Crippen molar-refractivity contribution in [3.05, 3.63) is 0 Å². The molecule has 0 aromatic rings. The molecule has 0 saturated carbocycles. The molecule has 0 spiro atoms. The van der Waals surface area contributed by atoms with Crippen LogP contribution in [0.2, 0.25) is 0 Å². The molecule has 0 saturated heterocycles. The minimum atomic E-state index is -2.27. The van der Waals surface area contributed by atoms with Crippen molar-refractivity contribution < 1.29 is 82.8 Å². The fourth-order valence-corrected chi connectivity index (χ4v) is 0.270. The molecule has 0 radical (unpaired) electrons. The maximum atomic E-state index is 9.77. The van der Waals surface area contributed by atoms with Gasteiger partial charge in [0.1, 0.15) is 0 Å². The van der Waals surface area contributed by atoms with Crippen molar-refractivity contribution >= 4 is 11.9 Å². The molecule has 0 fully saturated rings. The molecule has 0 aliphatic carbocycles. The Balaban J connectivity index is -0.000000135. The summed E-state index contributed by atoms with van der Waals surface area (Å²) < 4.78 is 0. The molecule has 12 heavy (non-hydrogen) atoms. The zero-order valence-electron chi connectivity index (χ0n) is 7.47. The predicted octanol–water partition coefficient (Wildman–Crippen LogP) is -4.84. The van der Waals surface area contributed by atoms with Crippen LogP contribution < -0.4 is 57.5 Å². The van der Waals surface area contributed by atoms with Crippen molar-refractivity contribution in [2.24, 2.45) is 0 Å². The Hall–Kier alpha value is 0.456. The Morgan fingerprint density at radius 1 is 1.00 bits per heavy atom. The van der Waals surface area contributed by atoms with E-state index in [0.29, 0.717) is 0 Å². The van der Waals surface area contributed by atoms with Crippen molar-refractivity contribution in [2.45, 2.75) is 12.2 Å². The second kappa shape index (κ2) is 8.07. The van der Waals surface area contributed by atoms with Crippen LogP contribution in [0.3, 0.4) is 0 Å². The molecule has 0 aliphatic heterocycles. The van der Waals surface area contributed by atoms with Gasteiger partial charge in [0.2, 0.25) is 0 Å². The average molecular weight is 207 g/mol. The molecule has 8 heteroatoms. The second-order valence-electron chi connectivity index (χ2n) is 1.57. The van der Waals surface area contributed by atoms with Gasteiger partial charge in [0, 0.05) is 0 Å². The van der Waals surface area contributed by atoms with Gasteiger partial charge >= 0.3 is 63.3 Å². The van der Waals surface area contributed by atoms with Crippen molar-refractivity contribution in [3.63, 3.8) is 0 Å². The second-order valence-corrected chi connectivity index (χ2v) is 1.57. The third kappa shape index (κ3) is 6.03. The molecule has 2 unspecified atom stereocenters.